The molecule has 0 aliphatic carbocycles. The molecule has 4 nitrogen and oxygen atoms in total. The van der Waals surface area contributed by atoms with Crippen LogP contribution < -0.4 is 19.7 Å². The van der Waals surface area contributed by atoms with Crippen LogP contribution in [0.4, 0.5) is 5.69 Å². The van der Waals surface area contributed by atoms with Crippen molar-refractivity contribution in [2.45, 2.75) is 6.54 Å². The van der Waals surface area contributed by atoms with E-state index >= 15 is 0 Å². The number of hydrogen-bond donors (Lipinski definition) is 1. The quantitative estimate of drug-likeness (QED) is 0.707. The third-order valence-electron chi connectivity index (χ3n) is 3.09. The first-order valence-electron chi connectivity index (χ1n) is 5.69. The van der Waals surface area contributed by atoms with Gasteiger partial charge in [-0.25, -0.2) is 0 Å². The molecule has 0 bridgehead atoms. The molecule has 0 amide bonds. The molecule has 2 aliphatic rings. The number of ether oxygens (including phenoxy) is 2. The maximum Gasteiger partial charge on any atom is 0.163 e. The fourth-order valence-corrected chi connectivity index (χ4v) is 2.21. The van der Waals surface area contributed by atoms with Crippen molar-refractivity contribution < 1.29 is 9.47 Å². The first kappa shape index (κ1) is 9.78. The Balaban J connectivity index is 2.06. The van der Waals surface area contributed by atoms with Crippen molar-refractivity contribution in [2.75, 3.05) is 38.3 Å². The molecule has 0 atom stereocenters. The van der Waals surface area contributed by atoms with Crippen LogP contribution in [0.2, 0.25) is 0 Å². The Morgan fingerprint density at radius 1 is 1.19 bits per heavy atom. The maximum atomic E-state index is 5.61. The smallest absolute Gasteiger partial charge is 0.163 e. The van der Waals surface area contributed by atoms with Gasteiger partial charge in [-0.3, -0.25) is 0 Å². The number of likely N-dealkylation sites (N-methyl/N-ethyl adjacent to an activating group) is 1. The highest BCUT2D eigenvalue weighted by molar-refractivity contribution is 5.62. The van der Waals surface area contributed by atoms with E-state index in [1.807, 2.05) is 0 Å². The maximum absolute atomic E-state index is 5.61. The predicted octanol–water partition coefficient (Wildman–Crippen LogP) is 0.997. The van der Waals surface area contributed by atoms with E-state index in [2.05, 4.69) is 29.4 Å². The van der Waals surface area contributed by atoms with Crippen LogP contribution in [0.3, 0.4) is 0 Å². The number of benzene rings is 1. The molecule has 4 heteroatoms. The second kappa shape index (κ2) is 3.87. The van der Waals surface area contributed by atoms with E-state index in [1.165, 1.54) is 11.3 Å². The topological polar surface area (TPSA) is 33.7 Å². The number of anilines is 1. The van der Waals surface area contributed by atoms with Crippen molar-refractivity contribution in [3.8, 4) is 11.5 Å². The Hall–Kier alpha value is -1.42. The van der Waals surface area contributed by atoms with E-state index in [9.17, 15) is 0 Å². The molecule has 2 heterocycles. The summed E-state index contributed by atoms with van der Waals surface area (Å²) in [5, 5.41) is 3.40. The fourth-order valence-electron chi connectivity index (χ4n) is 2.21. The number of hydrogen-bond acceptors (Lipinski definition) is 4. The van der Waals surface area contributed by atoms with Crippen molar-refractivity contribution in [1.82, 2.24) is 5.32 Å². The van der Waals surface area contributed by atoms with Crippen molar-refractivity contribution in [2.24, 2.45) is 0 Å². The van der Waals surface area contributed by atoms with Crippen LogP contribution in [0.15, 0.2) is 12.1 Å². The second-order valence-electron chi connectivity index (χ2n) is 4.22. The summed E-state index contributed by atoms with van der Waals surface area (Å²) in [7, 11) is 2.11. The van der Waals surface area contributed by atoms with Crippen LogP contribution in [0.1, 0.15) is 5.56 Å². The Morgan fingerprint density at radius 2 is 1.94 bits per heavy atom. The summed E-state index contributed by atoms with van der Waals surface area (Å²) < 4.78 is 11.2. The van der Waals surface area contributed by atoms with E-state index in [0.717, 1.165) is 31.1 Å². The molecule has 0 spiro atoms. The highest BCUT2D eigenvalue weighted by Gasteiger charge is 2.19. The van der Waals surface area contributed by atoms with Crippen molar-refractivity contribution in [3.63, 3.8) is 0 Å². The number of fused-ring (bicyclic) bond motifs is 2. The normalized spacial score (nSPS) is 18.9. The Bertz CT molecular complexity index is 406. The average molecular weight is 220 g/mol. The van der Waals surface area contributed by atoms with E-state index in [4.69, 9.17) is 9.47 Å². The second-order valence-corrected chi connectivity index (χ2v) is 4.22. The molecule has 3 rings (SSSR count). The van der Waals surface area contributed by atoms with Crippen LogP contribution in [-0.2, 0) is 6.54 Å². The average Bonchev–Trinajstić information content (AvgIpc) is 2.49. The molecule has 0 aromatic heterocycles. The van der Waals surface area contributed by atoms with Gasteiger partial charge in [-0.2, -0.15) is 0 Å². The standard InChI is InChI=1S/C12H16N2O2/c1-14-3-2-13-8-9-6-11-12(7-10(9)14)16-5-4-15-11/h6-7,13H,2-5,8H2,1H3. The van der Waals surface area contributed by atoms with Gasteiger partial charge in [-0.1, -0.05) is 0 Å². The van der Waals surface area contributed by atoms with E-state index < -0.39 is 0 Å². The first-order chi connectivity index (χ1) is 7.84. The number of nitrogens with zero attached hydrogens (tertiary/aromatic N) is 1. The van der Waals surface area contributed by atoms with Crippen LogP contribution in [-0.4, -0.2) is 33.4 Å². The zero-order valence-electron chi connectivity index (χ0n) is 9.45. The molecule has 0 saturated heterocycles. The summed E-state index contributed by atoms with van der Waals surface area (Å²) in [5.41, 5.74) is 2.53. The van der Waals surface area contributed by atoms with Crippen LogP contribution in [0, 0.1) is 0 Å². The fraction of sp³-hybridized carbons (Fsp3) is 0.500. The lowest BCUT2D eigenvalue weighted by Crippen LogP contribution is -2.24. The zero-order chi connectivity index (χ0) is 11.0. The van der Waals surface area contributed by atoms with E-state index in [0.29, 0.717) is 13.2 Å². The predicted molar refractivity (Wildman–Crippen MR) is 62.4 cm³/mol. The highest BCUT2D eigenvalue weighted by Crippen LogP contribution is 2.37. The molecule has 2 aliphatic heterocycles. The van der Waals surface area contributed by atoms with Crippen molar-refractivity contribution >= 4 is 5.69 Å². The molecule has 1 aromatic rings. The molecule has 86 valence electrons. The van der Waals surface area contributed by atoms with Gasteiger partial charge < -0.3 is 19.7 Å². The highest BCUT2D eigenvalue weighted by atomic mass is 16.6. The van der Waals surface area contributed by atoms with Crippen molar-refractivity contribution in [1.29, 1.82) is 0 Å². The summed E-state index contributed by atoms with van der Waals surface area (Å²) in [6, 6.07) is 4.19. The Kier molecular flexibility index (Phi) is 2.36. The third-order valence-corrected chi connectivity index (χ3v) is 3.09. The van der Waals surface area contributed by atoms with Gasteiger partial charge in [0.2, 0.25) is 0 Å². The van der Waals surface area contributed by atoms with Gasteiger partial charge in [0, 0.05) is 38.4 Å². The molecule has 16 heavy (non-hydrogen) atoms. The summed E-state index contributed by atoms with van der Waals surface area (Å²) in [5.74, 6) is 1.75. The van der Waals surface area contributed by atoms with Crippen LogP contribution >= 0.6 is 0 Å². The van der Waals surface area contributed by atoms with Gasteiger partial charge in [0.25, 0.3) is 0 Å². The molecule has 0 radical (unpaired) electrons. The number of nitrogens with one attached hydrogen (secondary N) is 1. The van der Waals surface area contributed by atoms with Crippen LogP contribution in [0.25, 0.3) is 0 Å². The molecular formula is C12H16N2O2. The molecule has 0 fully saturated rings. The third kappa shape index (κ3) is 1.59. The van der Waals surface area contributed by atoms with Crippen molar-refractivity contribution in [3.05, 3.63) is 17.7 Å². The molecule has 1 aromatic carbocycles. The van der Waals surface area contributed by atoms with Gasteiger partial charge in [-0.15, -0.1) is 0 Å². The minimum absolute atomic E-state index is 0.647. The number of rotatable bonds is 0. The summed E-state index contributed by atoms with van der Waals surface area (Å²) >= 11 is 0. The monoisotopic (exact) mass is 220 g/mol. The summed E-state index contributed by atoms with van der Waals surface area (Å²) in [6.07, 6.45) is 0. The van der Waals surface area contributed by atoms with Gasteiger partial charge in [-0.05, 0) is 11.6 Å². The zero-order valence-corrected chi connectivity index (χ0v) is 9.45. The largest absolute Gasteiger partial charge is 0.486 e. The summed E-state index contributed by atoms with van der Waals surface area (Å²) in [4.78, 5) is 2.26. The SMILES string of the molecule is CN1CCNCc2cc3c(cc21)OCCO3. The minimum atomic E-state index is 0.647. The van der Waals surface area contributed by atoms with Crippen LogP contribution in [0.5, 0.6) is 11.5 Å². The Labute approximate surface area is 95.1 Å². The van der Waals surface area contributed by atoms with Gasteiger partial charge in [0.05, 0.1) is 0 Å². The lowest BCUT2D eigenvalue weighted by molar-refractivity contribution is 0.171. The molecule has 0 unspecified atom stereocenters. The first-order valence-corrected chi connectivity index (χ1v) is 5.69. The van der Waals surface area contributed by atoms with Gasteiger partial charge >= 0.3 is 0 Å². The summed E-state index contributed by atoms with van der Waals surface area (Å²) in [6.45, 7) is 4.23. The van der Waals surface area contributed by atoms with Gasteiger partial charge in [0.1, 0.15) is 13.2 Å². The minimum Gasteiger partial charge on any atom is -0.486 e. The van der Waals surface area contributed by atoms with E-state index in [1.54, 1.807) is 0 Å². The lowest BCUT2D eigenvalue weighted by Gasteiger charge is -2.24. The lowest BCUT2D eigenvalue weighted by atomic mass is 10.1. The van der Waals surface area contributed by atoms with E-state index in [-0.39, 0.29) is 0 Å². The molecule has 1 N–H and O–H groups in total. The molecular weight excluding hydrogens is 204 g/mol. The Morgan fingerprint density at radius 3 is 2.75 bits per heavy atom. The molecule has 0 saturated carbocycles. The van der Waals surface area contributed by atoms with Gasteiger partial charge in [0.15, 0.2) is 11.5 Å².